The summed E-state index contributed by atoms with van der Waals surface area (Å²) >= 11 is 0. The SMILES string of the molecule is OCC1(C2CCCCCC2)CCCCC1. The summed E-state index contributed by atoms with van der Waals surface area (Å²) in [5.41, 5.74) is 0.336. The van der Waals surface area contributed by atoms with E-state index in [1.807, 2.05) is 0 Å². The van der Waals surface area contributed by atoms with E-state index in [0.29, 0.717) is 12.0 Å². The molecule has 2 aliphatic carbocycles. The van der Waals surface area contributed by atoms with Crippen LogP contribution in [0.5, 0.6) is 0 Å². The maximum atomic E-state index is 9.79. The first kappa shape index (κ1) is 11.4. The Morgan fingerprint density at radius 2 is 1.33 bits per heavy atom. The second-order valence-corrected chi connectivity index (χ2v) is 5.77. The standard InChI is InChI=1S/C14H26O/c15-12-14(10-6-3-7-11-14)13-8-4-1-2-5-9-13/h13,15H,1-12H2. The summed E-state index contributed by atoms with van der Waals surface area (Å²) in [6.45, 7) is 0.456. The van der Waals surface area contributed by atoms with E-state index in [0.717, 1.165) is 5.92 Å². The average Bonchev–Trinajstić information content (AvgIpc) is 2.59. The van der Waals surface area contributed by atoms with Gasteiger partial charge in [0, 0.05) is 6.61 Å². The predicted octanol–water partition coefficient (Wildman–Crippen LogP) is 3.90. The molecule has 0 radical (unpaired) electrons. The molecule has 0 bridgehead atoms. The van der Waals surface area contributed by atoms with Crippen LogP contribution < -0.4 is 0 Å². The van der Waals surface area contributed by atoms with Crippen LogP contribution in [-0.4, -0.2) is 11.7 Å². The lowest BCUT2D eigenvalue weighted by Crippen LogP contribution is -2.36. The van der Waals surface area contributed by atoms with Gasteiger partial charge in [-0.3, -0.25) is 0 Å². The van der Waals surface area contributed by atoms with E-state index in [-0.39, 0.29) is 0 Å². The van der Waals surface area contributed by atoms with Crippen LogP contribution >= 0.6 is 0 Å². The van der Waals surface area contributed by atoms with Crippen LogP contribution in [0.4, 0.5) is 0 Å². The first-order valence-electron chi connectivity index (χ1n) is 6.98. The predicted molar refractivity (Wildman–Crippen MR) is 63.8 cm³/mol. The van der Waals surface area contributed by atoms with Gasteiger partial charge in [-0.15, -0.1) is 0 Å². The average molecular weight is 210 g/mol. The molecular formula is C14H26O. The summed E-state index contributed by atoms with van der Waals surface area (Å²) in [4.78, 5) is 0. The number of aliphatic hydroxyl groups excluding tert-OH is 1. The molecule has 0 spiro atoms. The lowest BCUT2D eigenvalue weighted by molar-refractivity contribution is 0.0160. The molecule has 2 saturated carbocycles. The molecule has 0 atom stereocenters. The van der Waals surface area contributed by atoms with E-state index in [9.17, 15) is 5.11 Å². The molecule has 0 aliphatic heterocycles. The zero-order valence-corrected chi connectivity index (χ0v) is 10.0. The maximum Gasteiger partial charge on any atom is 0.0490 e. The number of rotatable bonds is 2. The molecule has 2 rings (SSSR count). The highest BCUT2D eigenvalue weighted by Gasteiger charge is 2.38. The molecule has 88 valence electrons. The van der Waals surface area contributed by atoms with Crippen LogP contribution in [0.15, 0.2) is 0 Å². The van der Waals surface area contributed by atoms with E-state index < -0.39 is 0 Å². The van der Waals surface area contributed by atoms with Gasteiger partial charge in [-0.05, 0) is 37.0 Å². The molecule has 0 aromatic carbocycles. The Morgan fingerprint density at radius 3 is 1.87 bits per heavy atom. The van der Waals surface area contributed by atoms with Gasteiger partial charge < -0.3 is 5.11 Å². The third kappa shape index (κ3) is 2.55. The second-order valence-electron chi connectivity index (χ2n) is 5.77. The van der Waals surface area contributed by atoms with E-state index in [1.54, 1.807) is 0 Å². The number of aliphatic hydroxyl groups is 1. The number of hydrogen-bond acceptors (Lipinski definition) is 1. The minimum atomic E-state index is 0.336. The Kier molecular flexibility index (Phi) is 4.07. The van der Waals surface area contributed by atoms with Gasteiger partial charge in [0.05, 0.1) is 0 Å². The van der Waals surface area contributed by atoms with Gasteiger partial charge >= 0.3 is 0 Å². The van der Waals surface area contributed by atoms with Gasteiger partial charge in [0.15, 0.2) is 0 Å². The lowest BCUT2D eigenvalue weighted by Gasteiger charge is -2.42. The second kappa shape index (κ2) is 5.34. The number of hydrogen-bond donors (Lipinski definition) is 1. The summed E-state index contributed by atoms with van der Waals surface area (Å²) < 4.78 is 0. The van der Waals surface area contributed by atoms with E-state index in [4.69, 9.17) is 0 Å². The van der Waals surface area contributed by atoms with Crippen LogP contribution in [0.1, 0.15) is 70.6 Å². The first-order valence-corrected chi connectivity index (χ1v) is 6.98. The summed E-state index contributed by atoms with van der Waals surface area (Å²) in [7, 11) is 0. The highest BCUT2D eigenvalue weighted by atomic mass is 16.3. The molecule has 0 heterocycles. The fourth-order valence-electron chi connectivity index (χ4n) is 3.84. The third-order valence-corrected chi connectivity index (χ3v) is 4.89. The largest absolute Gasteiger partial charge is 0.396 e. The molecule has 0 unspecified atom stereocenters. The highest BCUT2D eigenvalue weighted by molar-refractivity contribution is 4.89. The van der Waals surface area contributed by atoms with Crippen molar-refractivity contribution in [3.05, 3.63) is 0 Å². The fourth-order valence-corrected chi connectivity index (χ4v) is 3.84. The molecule has 0 aromatic rings. The summed E-state index contributed by atoms with van der Waals surface area (Å²) in [5.74, 6) is 0.838. The zero-order chi connectivity index (χ0) is 10.6. The molecule has 1 N–H and O–H groups in total. The molecule has 1 nitrogen and oxygen atoms in total. The van der Waals surface area contributed by atoms with Crippen molar-refractivity contribution in [2.24, 2.45) is 11.3 Å². The van der Waals surface area contributed by atoms with Crippen LogP contribution in [0.3, 0.4) is 0 Å². The first-order chi connectivity index (χ1) is 7.37. The van der Waals surface area contributed by atoms with Crippen LogP contribution in [0, 0.1) is 11.3 Å². The summed E-state index contributed by atoms with van der Waals surface area (Å²) in [6.07, 6.45) is 15.2. The minimum Gasteiger partial charge on any atom is -0.396 e. The monoisotopic (exact) mass is 210 g/mol. The smallest absolute Gasteiger partial charge is 0.0490 e. The van der Waals surface area contributed by atoms with Gasteiger partial charge in [0.25, 0.3) is 0 Å². The minimum absolute atomic E-state index is 0.336. The van der Waals surface area contributed by atoms with E-state index >= 15 is 0 Å². The Balaban J connectivity index is 2.01. The Hall–Kier alpha value is -0.0400. The summed E-state index contributed by atoms with van der Waals surface area (Å²) in [5, 5.41) is 9.79. The van der Waals surface area contributed by atoms with Gasteiger partial charge in [-0.1, -0.05) is 44.9 Å². The fraction of sp³-hybridized carbons (Fsp3) is 1.00. The van der Waals surface area contributed by atoms with Gasteiger partial charge in [0.1, 0.15) is 0 Å². The van der Waals surface area contributed by atoms with Crippen LogP contribution in [0.2, 0.25) is 0 Å². The van der Waals surface area contributed by atoms with Crippen molar-refractivity contribution in [3.8, 4) is 0 Å². The Morgan fingerprint density at radius 1 is 0.800 bits per heavy atom. The zero-order valence-electron chi connectivity index (χ0n) is 10.0. The van der Waals surface area contributed by atoms with Crippen molar-refractivity contribution in [1.29, 1.82) is 0 Å². The lowest BCUT2D eigenvalue weighted by atomic mass is 9.64. The van der Waals surface area contributed by atoms with Crippen molar-refractivity contribution in [3.63, 3.8) is 0 Å². The van der Waals surface area contributed by atoms with Gasteiger partial charge in [-0.2, -0.15) is 0 Å². The molecule has 2 aliphatic rings. The molecule has 0 aromatic heterocycles. The third-order valence-electron chi connectivity index (χ3n) is 4.89. The van der Waals surface area contributed by atoms with Gasteiger partial charge in [-0.25, -0.2) is 0 Å². The van der Waals surface area contributed by atoms with Crippen molar-refractivity contribution in [2.45, 2.75) is 70.6 Å². The normalized spacial score (nSPS) is 28.6. The summed E-state index contributed by atoms with van der Waals surface area (Å²) in [6, 6.07) is 0. The van der Waals surface area contributed by atoms with Crippen molar-refractivity contribution in [1.82, 2.24) is 0 Å². The molecule has 15 heavy (non-hydrogen) atoms. The van der Waals surface area contributed by atoms with E-state index in [2.05, 4.69) is 0 Å². The van der Waals surface area contributed by atoms with Crippen molar-refractivity contribution in [2.75, 3.05) is 6.61 Å². The maximum absolute atomic E-state index is 9.79. The van der Waals surface area contributed by atoms with Crippen molar-refractivity contribution >= 4 is 0 Å². The van der Waals surface area contributed by atoms with Crippen molar-refractivity contribution < 1.29 is 5.11 Å². The Labute approximate surface area is 94.3 Å². The Bertz CT molecular complexity index is 174. The molecule has 0 saturated heterocycles. The van der Waals surface area contributed by atoms with Crippen LogP contribution in [0.25, 0.3) is 0 Å². The van der Waals surface area contributed by atoms with E-state index in [1.165, 1.54) is 70.6 Å². The molecule has 0 amide bonds. The molecule has 1 heteroatoms. The molecular weight excluding hydrogens is 184 g/mol. The highest BCUT2D eigenvalue weighted by Crippen LogP contribution is 2.47. The quantitative estimate of drug-likeness (QED) is 0.685. The topological polar surface area (TPSA) is 20.2 Å². The van der Waals surface area contributed by atoms with Crippen LogP contribution in [-0.2, 0) is 0 Å². The molecule has 2 fully saturated rings. The van der Waals surface area contributed by atoms with Gasteiger partial charge in [0.2, 0.25) is 0 Å².